The van der Waals surface area contributed by atoms with Crippen LogP contribution in [0.4, 0.5) is 11.4 Å². The number of benzene rings is 1. The van der Waals surface area contributed by atoms with Crippen LogP contribution in [0, 0.1) is 10.1 Å². The lowest BCUT2D eigenvalue weighted by molar-refractivity contribution is -0.385. The van der Waals surface area contributed by atoms with Gasteiger partial charge in [0, 0.05) is 11.8 Å². The minimum atomic E-state index is -1.02. The molecular formula is C15H20N2O6. The zero-order chi connectivity index (χ0) is 17.4. The van der Waals surface area contributed by atoms with Crippen LogP contribution in [0.15, 0.2) is 18.2 Å². The molecule has 0 saturated carbocycles. The molecule has 1 aromatic carbocycles. The number of nitrogens with one attached hydrogen (secondary N) is 1. The minimum absolute atomic E-state index is 0.0852. The number of carbonyl (C=O) groups excluding carboxylic acids is 1. The number of nitro groups is 1. The fourth-order valence-electron chi connectivity index (χ4n) is 2.02. The van der Waals surface area contributed by atoms with E-state index in [-0.39, 0.29) is 17.9 Å². The second-order valence-corrected chi connectivity index (χ2v) is 4.89. The van der Waals surface area contributed by atoms with Crippen molar-refractivity contribution in [1.29, 1.82) is 0 Å². The predicted octanol–water partition coefficient (Wildman–Crippen LogP) is 2.83. The maximum Gasteiger partial charge on any atom is 0.345 e. The van der Waals surface area contributed by atoms with Gasteiger partial charge in [-0.2, -0.15) is 0 Å². The van der Waals surface area contributed by atoms with Crippen molar-refractivity contribution in [2.45, 2.75) is 39.2 Å². The number of nitro benzene ring substituents is 1. The molecule has 0 heterocycles. The third kappa shape index (κ3) is 5.24. The number of aliphatic carboxylic acids is 1. The van der Waals surface area contributed by atoms with Gasteiger partial charge in [-0.05, 0) is 25.5 Å². The van der Waals surface area contributed by atoms with Crippen molar-refractivity contribution in [3.63, 3.8) is 0 Å². The summed E-state index contributed by atoms with van der Waals surface area (Å²) >= 11 is 0. The van der Waals surface area contributed by atoms with Crippen LogP contribution in [0.3, 0.4) is 0 Å². The first-order chi connectivity index (χ1) is 10.9. The van der Waals surface area contributed by atoms with Gasteiger partial charge in [-0.1, -0.05) is 19.8 Å². The van der Waals surface area contributed by atoms with Gasteiger partial charge in [0.05, 0.1) is 11.5 Å². The van der Waals surface area contributed by atoms with Gasteiger partial charge < -0.3 is 15.2 Å². The molecule has 8 heteroatoms. The average Bonchev–Trinajstić information content (AvgIpc) is 2.51. The van der Waals surface area contributed by atoms with Gasteiger partial charge in [0.1, 0.15) is 11.6 Å². The van der Waals surface area contributed by atoms with Gasteiger partial charge in [-0.15, -0.1) is 0 Å². The smallest absolute Gasteiger partial charge is 0.345 e. The van der Waals surface area contributed by atoms with Crippen LogP contribution in [0.1, 0.15) is 43.5 Å². The Morgan fingerprint density at radius 3 is 2.61 bits per heavy atom. The highest BCUT2D eigenvalue weighted by Gasteiger charge is 2.23. The van der Waals surface area contributed by atoms with E-state index < -0.39 is 22.9 Å². The number of hydrogen-bond acceptors (Lipinski definition) is 6. The fourth-order valence-corrected chi connectivity index (χ4v) is 2.02. The molecule has 0 aliphatic rings. The van der Waals surface area contributed by atoms with Crippen LogP contribution in [0.2, 0.25) is 0 Å². The van der Waals surface area contributed by atoms with E-state index in [1.165, 1.54) is 12.1 Å². The van der Waals surface area contributed by atoms with Gasteiger partial charge in [-0.25, -0.2) is 9.59 Å². The second-order valence-electron chi connectivity index (χ2n) is 4.89. The lowest BCUT2D eigenvalue weighted by Gasteiger charge is -2.16. The fraction of sp³-hybridized carbons (Fsp3) is 0.467. The Morgan fingerprint density at radius 2 is 2.09 bits per heavy atom. The molecule has 0 bridgehead atoms. The molecule has 0 aliphatic carbocycles. The van der Waals surface area contributed by atoms with Crippen molar-refractivity contribution >= 4 is 23.3 Å². The minimum Gasteiger partial charge on any atom is -0.480 e. The largest absolute Gasteiger partial charge is 0.480 e. The quantitative estimate of drug-likeness (QED) is 0.407. The van der Waals surface area contributed by atoms with E-state index in [1.807, 2.05) is 6.92 Å². The van der Waals surface area contributed by atoms with Crippen LogP contribution in [0.5, 0.6) is 0 Å². The third-order valence-corrected chi connectivity index (χ3v) is 3.17. The SMILES string of the molecule is CCCC[C@H](Nc1ccc([N+](=O)[O-])c(C(=O)OCC)c1)C(=O)O. The molecule has 1 rings (SSSR count). The lowest BCUT2D eigenvalue weighted by atomic mass is 10.1. The Balaban J connectivity index is 3.08. The van der Waals surface area contributed by atoms with Crippen LogP contribution in [-0.2, 0) is 9.53 Å². The first-order valence-corrected chi connectivity index (χ1v) is 7.35. The third-order valence-electron chi connectivity index (χ3n) is 3.17. The van der Waals surface area contributed by atoms with E-state index in [1.54, 1.807) is 6.92 Å². The van der Waals surface area contributed by atoms with Crippen molar-refractivity contribution < 1.29 is 24.4 Å². The van der Waals surface area contributed by atoms with Crippen LogP contribution >= 0.6 is 0 Å². The molecule has 23 heavy (non-hydrogen) atoms. The highest BCUT2D eigenvalue weighted by Crippen LogP contribution is 2.24. The molecule has 0 spiro atoms. The van der Waals surface area contributed by atoms with Crippen LogP contribution in [-0.4, -0.2) is 34.6 Å². The first kappa shape index (κ1) is 18.4. The summed E-state index contributed by atoms with van der Waals surface area (Å²) in [7, 11) is 0. The number of carbonyl (C=O) groups is 2. The number of unbranched alkanes of at least 4 members (excludes halogenated alkanes) is 1. The van der Waals surface area contributed by atoms with Crippen LogP contribution in [0.25, 0.3) is 0 Å². The van der Waals surface area contributed by atoms with Crippen LogP contribution < -0.4 is 5.32 Å². The molecule has 0 radical (unpaired) electrons. The van der Waals surface area contributed by atoms with E-state index in [9.17, 15) is 24.8 Å². The van der Waals surface area contributed by atoms with E-state index in [0.717, 1.165) is 18.9 Å². The zero-order valence-electron chi connectivity index (χ0n) is 13.1. The number of carboxylic acids is 1. The first-order valence-electron chi connectivity index (χ1n) is 7.35. The zero-order valence-corrected chi connectivity index (χ0v) is 13.1. The van der Waals surface area contributed by atoms with Gasteiger partial charge in [0.25, 0.3) is 5.69 Å². The maximum absolute atomic E-state index is 11.8. The summed E-state index contributed by atoms with van der Waals surface area (Å²) in [5.74, 6) is -1.84. The number of nitrogens with zero attached hydrogens (tertiary/aromatic N) is 1. The van der Waals surface area contributed by atoms with E-state index >= 15 is 0 Å². The molecule has 0 saturated heterocycles. The standard InChI is InChI=1S/C15H20N2O6/c1-3-5-6-12(14(18)19)16-10-7-8-13(17(21)22)11(9-10)15(20)23-4-2/h7-9,12,16H,3-6H2,1-2H3,(H,18,19)/t12-/m0/s1. The normalized spacial score (nSPS) is 11.6. The monoisotopic (exact) mass is 324 g/mol. The second kappa shape index (κ2) is 8.72. The molecule has 0 unspecified atom stereocenters. The molecule has 1 atom stereocenters. The molecule has 0 fully saturated rings. The Labute approximate surface area is 133 Å². The van der Waals surface area contributed by atoms with Gasteiger partial charge >= 0.3 is 11.9 Å². The number of ether oxygens (including phenoxy) is 1. The Bertz CT molecular complexity index is 587. The number of hydrogen-bond donors (Lipinski definition) is 2. The highest BCUT2D eigenvalue weighted by atomic mass is 16.6. The number of carboxylic acid groups (broad SMARTS) is 1. The molecule has 2 N–H and O–H groups in total. The number of rotatable bonds is 9. The summed E-state index contributed by atoms with van der Waals surface area (Å²) < 4.78 is 4.80. The molecular weight excluding hydrogens is 304 g/mol. The Kier molecular flexibility index (Phi) is 6.98. The Morgan fingerprint density at radius 1 is 1.39 bits per heavy atom. The van der Waals surface area contributed by atoms with Crippen molar-refractivity contribution in [3.8, 4) is 0 Å². The number of anilines is 1. The highest BCUT2D eigenvalue weighted by molar-refractivity contribution is 5.95. The maximum atomic E-state index is 11.8. The average molecular weight is 324 g/mol. The topological polar surface area (TPSA) is 119 Å². The van der Waals surface area contributed by atoms with E-state index in [2.05, 4.69) is 5.32 Å². The summed E-state index contributed by atoms with van der Waals surface area (Å²) in [6.07, 6.45) is 1.99. The van der Waals surface area contributed by atoms with Gasteiger partial charge in [0.2, 0.25) is 0 Å². The molecule has 0 amide bonds. The van der Waals surface area contributed by atoms with Crippen molar-refractivity contribution in [2.24, 2.45) is 0 Å². The molecule has 1 aromatic rings. The van der Waals surface area contributed by atoms with E-state index in [4.69, 9.17) is 4.74 Å². The van der Waals surface area contributed by atoms with Crippen molar-refractivity contribution in [1.82, 2.24) is 0 Å². The van der Waals surface area contributed by atoms with Gasteiger partial charge in [0.15, 0.2) is 0 Å². The summed E-state index contributed by atoms with van der Waals surface area (Å²) in [4.78, 5) is 33.4. The van der Waals surface area contributed by atoms with Crippen molar-refractivity contribution in [2.75, 3.05) is 11.9 Å². The molecule has 0 aliphatic heterocycles. The predicted molar refractivity (Wildman–Crippen MR) is 83.6 cm³/mol. The van der Waals surface area contributed by atoms with Gasteiger partial charge in [-0.3, -0.25) is 10.1 Å². The molecule has 8 nitrogen and oxygen atoms in total. The summed E-state index contributed by atoms with van der Waals surface area (Å²) in [5, 5.41) is 23.0. The summed E-state index contributed by atoms with van der Waals surface area (Å²) in [6, 6.07) is 2.96. The molecule has 0 aromatic heterocycles. The van der Waals surface area contributed by atoms with E-state index in [0.29, 0.717) is 12.1 Å². The molecule has 126 valence electrons. The lowest BCUT2D eigenvalue weighted by Crippen LogP contribution is -2.29. The summed E-state index contributed by atoms with van der Waals surface area (Å²) in [5.41, 5.74) is -0.266. The van der Waals surface area contributed by atoms with Crippen molar-refractivity contribution in [3.05, 3.63) is 33.9 Å². The summed E-state index contributed by atoms with van der Waals surface area (Å²) in [6.45, 7) is 3.63. The Hall–Kier alpha value is -2.64. The number of esters is 1.